The molecule has 0 heterocycles. The van der Waals surface area contributed by atoms with Crippen molar-refractivity contribution in [2.75, 3.05) is 19.8 Å². The van der Waals surface area contributed by atoms with Gasteiger partial charge in [0.05, 0.1) is 5.92 Å². The van der Waals surface area contributed by atoms with Gasteiger partial charge in [-0.1, -0.05) is 87.9 Å². The van der Waals surface area contributed by atoms with E-state index in [0.29, 0.717) is 19.8 Å². The molecule has 0 aliphatic heterocycles. The third kappa shape index (κ3) is 6.80. The Morgan fingerprint density at radius 3 is 1.90 bits per heavy atom. The molecule has 0 aromatic heterocycles. The van der Waals surface area contributed by atoms with Crippen LogP contribution in [0, 0.1) is 0 Å². The zero-order valence-electron chi connectivity index (χ0n) is 18.9. The molecular weight excluding hydrogens is 360 g/mol. The molecule has 0 saturated carbocycles. The van der Waals surface area contributed by atoms with Crippen LogP contribution in [0.3, 0.4) is 0 Å². The van der Waals surface area contributed by atoms with Gasteiger partial charge in [0.25, 0.3) is 5.97 Å². The predicted molar refractivity (Wildman–Crippen MR) is 122 cm³/mol. The van der Waals surface area contributed by atoms with Crippen LogP contribution in [-0.4, -0.2) is 25.8 Å². The van der Waals surface area contributed by atoms with Gasteiger partial charge in [0.1, 0.15) is 0 Å². The van der Waals surface area contributed by atoms with Gasteiger partial charge in [0.15, 0.2) is 0 Å². The Morgan fingerprint density at radius 2 is 1.28 bits per heavy atom. The molecule has 3 heteroatoms. The molecule has 0 aliphatic carbocycles. The van der Waals surface area contributed by atoms with Crippen molar-refractivity contribution in [2.45, 2.75) is 84.5 Å². The molecule has 29 heavy (non-hydrogen) atoms. The zero-order chi connectivity index (χ0) is 21.0. The van der Waals surface area contributed by atoms with E-state index in [1.54, 1.807) is 0 Å². The fourth-order valence-electron chi connectivity index (χ4n) is 4.13. The van der Waals surface area contributed by atoms with Gasteiger partial charge in [0, 0.05) is 19.8 Å². The standard InChI is InChI=1S/C26H40O3/c1-5-9-10-11-12-13-18-25(26(27-6-2,28-7-3)29-8-4)24-20-19-22-16-14-15-17-23(22)21-24/h14-17,19-21,25H,5-13,18H2,1-4H3. The minimum atomic E-state index is -1.02. The van der Waals surface area contributed by atoms with Crippen molar-refractivity contribution in [3.63, 3.8) is 0 Å². The number of rotatable bonds is 15. The van der Waals surface area contributed by atoms with Crippen LogP contribution in [0.5, 0.6) is 0 Å². The molecule has 0 N–H and O–H groups in total. The van der Waals surface area contributed by atoms with Crippen LogP contribution in [-0.2, 0) is 14.2 Å². The zero-order valence-corrected chi connectivity index (χ0v) is 18.9. The second-order valence-electron chi connectivity index (χ2n) is 7.62. The third-order valence-electron chi connectivity index (χ3n) is 5.49. The van der Waals surface area contributed by atoms with Gasteiger partial charge in [-0.15, -0.1) is 0 Å². The van der Waals surface area contributed by atoms with Crippen LogP contribution in [0.25, 0.3) is 10.8 Å². The van der Waals surface area contributed by atoms with Crippen molar-refractivity contribution >= 4 is 10.8 Å². The van der Waals surface area contributed by atoms with E-state index in [1.165, 1.54) is 48.4 Å². The molecule has 0 fully saturated rings. The average molecular weight is 401 g/mol. The number of fused-ring (bicyclic) bond motifs is 1. The van der Waals surface area contributed by atoms with Gasteiger partial charge < -0.3 is 14.2 Å². The van der Waals surface area contributed by atoms with E-state index < -0.39 is 5.97 Å². The van der Waals surface area contributed by atoms with E-state index in [-0.39, 0.29) is 5.92 Å². The molecule has 3 nitrogen and oxygen atoms in total. The summed E-state index contributed by atoms with van der Waals surface area (Å²) in [7, 11) is 0. The SMILES string of the molecule is CCCCCCCCC(c1ccc2ccccc2c1)C(OCC)(OCC)OCC. The molecule has 162 valence electrons. The predicted octanol–water partition coefficient (Wildman–Crippen LogP) is 7.44. The second kappa shape index (κ2) is 13.0. The third-order valence-corrected chi connectivity index (χ3v) is 5.49. The van der Waals surface area contributed by atoms with Crippen molar-refractivity contribution in [1.82, 2.24) is 0 Å². The molecule has 2 aromatic carbocycles. The van der Waals surface area contributed by atoms with Crippen LogP contribution >= 0.6 is 0 Å². The molecule has 2 aromatic rings. The first-order chi connectivity index (χ1) is 14.2. The van der Waals surface area contributed by atoms with E-state index >= 15 is 0 Å². The number of hydrogen-bond donors (Lipinski definition) is 0. The topological polar surface area (TPSA) is 27.7 Å². The molecule has 0 bridgehead atoms. The van der Waals surface area contributed by atoms with Gasteiger partial charge in [0.2, 0.25) is 0 Å². The summed E-state index contributed by atoms with van der Waals surface area (Å²) in [5, 5.41) is 2.50. The molecule has 1 atom stereocenters. The lowest BCUT2D eigenvalue weighted by molar-refractivity contribution is -0.389. The van der Waals surface area contributed by atoms with Crippen LogP contribution in [0.1, 0.15) is 84.1 Å². The van der Waals surface area contributed by atoms with E-state index in [2.05, 4.69) is 49.4 Å². The smallest absolute Gasteiger partial charge is 0.290 e. The Labute approximate surface area is 177 Å². The van der Waals surface area contributed by atoms with E-state index in [1.807, 2.05) is 20.8 Å². The van der Waals surface area contributed by atoms with Crippen molar-refractivity contribution in [2.24, 2.45) is 0 Å². The highest BCUT2D eigenvalue weighted by molar-refractivity contribution is 5.83. The van der Waals surface area contributed by atoms with Crippen LogP contribution in [0.4, 0.5) is 0 Å². The lowest BCUT2D eigenvalue weighted by atomic mass is 9.88. The maximum absolute atomic E-state index is 6.19. The summed E-state index contributed by atoms with van der Waals surface area (Å²) in [6.45, 7) is 9.96. The number of ether oxygens (including phenoxy) is 3. The molecular formula is C26H40O3. The van der Waals surface area contributed by atoms with Crippen LogP contribution < -0.4 is 0 Å². The Hall–Kier alpha value is -1.42. The average Bonchev–Trinajstić information content (AvgIpc) is 2.73. The Bertz CT molecular complexity index is 680. The summed E-state index contributed by atoms with van der Waals surface area (Å²) in [6.07, 6.45) is 8.61. The second-order valence-corrected chi connectivity index (χ2v) is 7.62. The largest absolute Gasteiger partial charge is 0.327 e. The molecule has 0 aliphatic rings. The molecule has 0 radical (unpaired) electrons. The van der Waals surface area contributed by atoms with Gasteiger partial charge in [-0.05, 0) is 43.5 Å². The minimum Gasteiger partial charge on any atom is -0.327 e. The normalized spacial score (nSPS) is 13.1. The summed E-state index contributed by atoms with van der Waals surface area (Å²) in [5.74, 6) is -0.984. The highest BCUT2D eigenvalue weighted by atomic mass is 16.9. The maximum atomic E-state index is 6.19. The summed E-state index contributed by atoms with van der Waals surface area (Å²) in [5.41, 5.74) is 1.23. The Balaban J connectivity index is 2.31. The van der Waals surface area contributed by atoms with Crippen molar-refractivity contribution in [3.05, 3.63) is 48.0 Å². The number of hydrogen-bond acceptors (Lipinski definition) is 3. The molecule has 0 saturated heterocycles. The van der Waals surface area contributed by atoms with Crippen molar-refractivity contribution < 1.29 is 14.2 Å². The first kappa shape index (κ1) is 23.9. The summed E-state index contributed by atoms with van der Waals surface area (Å²) >= 11 is 0. The number of unbranched alkanes of at least 4 members (excludes halogenated alkanes) is 5. The monoisotopic (exact) mass is 400 g/mol. The van der Waals surface area contributed by atoms with Gasteiger partial charge in [-0.25, -0.2) is 0 Å². The van der Waals surface area contributed by atoms with Gasteiger partial charge in [-0.2, -0.15) is 0 Å². The summed E-state index contributed by atoms with van der Waals surface area (Å²) in [4.78, 5) is 0. The first-order valence-corrected chi connectivity index (χ1v) is 11.6. The lowest BCUT2D eigenvalue weighted by Crippen LogP contribution is -2.45. The van der Waals surface area contributed by atoms with E-state index in [4.69, 9.17) is 14.2 Å². The fourth-order valence-corrected chi connectivity index (χ4v) is 4.13. The summed E-state index contributed by atoms with van der Waals surface area (Å²) < 4.78 is 18.6. The maximum Gasteiger partial charge on any atom is 0.290 e. The molecule has 0 amide bonds. The highest BCUT2D eigenvalue weighted by Gasteiger charge is 2.42. The van der Waals surface area contributed by atoms with E-state index in [9.17, 15) is 0 Å². The van der Waals surface area contributed by atoms with Gasteiger partial charge >= 0.3 is 0 Å². The van der Waals surface area contributed by atoms with E-state index in [0.717, 1.165) is 12.8 Å². The van der Waals surface area contributed by atoms with Crippen molar-refractivity contribution in [1.29, 1.82) is 0 Å². The van der Waals surface area contributed by atoms with Gasteiger partial charge in [-0.3, -0.25) is 0 Å². The minimum absolute atomic E-state index is 0.0399. The van der Waals surface area contributed by atoms with Crippen molar-refractivity contribution in [3.8, 4) is 0 Å². The molecule has 2 rings (SSSR count). The Morgan fingerprint density at radius 1 is 0.690 bits per heavy atom. The highest BCUT2D eigenvalue weighted by Crippen LogP contribution is 2.39. The fraction of sp³-hybridized carbons (Fsp3) is 0.615. The lowest BCUT2D eigenvalue weighted by Gasteiger charge is -2.39. The van der Waals surface area contributed by atoms with Crippen LogP contribution in [0.2, 0.25) is 0 Å². The first-order valence-electron chi connectivity index (χ1n) is 11.6. The Kier molecular flexibility index (Phi) is 10.7. The summed E-state index contributed by atoms with van der Waals surface area (Å²) in [6, 6.07) is 15.2. The van der Waals surface area contributed by atoms with Crippen LogP contribution in [0.15, 0.2) is 42.5 Å². The number of benzene rings is 2. The molecule has 1 unspecified atom stereocenters. The molecule has 0 spiro atoms. The quantitative estimate of drug-likeness (QED) is 0.230.